The largest absolute Gasteiger partial charge is 0.495 e. The molecule has 2 aromatic carbocycles. The summed E-state index contributed by atoms with van der Waals surface area (Å²) in [4.78, 5) is 17.0. The third kappa shape index (κ3) is 4.77. The van der Waals surface area contributed by atoms with Crippen LogP contribution in [0.25, 0.3) is 0 Å². The van der Waals surface area contributed by atoms with Crippen LogP contribution in [0.1, 0.15) is 12.5 Å². The second-order valence-electron chi connectivity index (χ2n) is 6.72. The molecular formula is C21H26FN3O2. The number of benzene rings is 2. The second-order valence-corrected chi connectivity index (χ2v) is 6.72. The molecule has 1 saturated heterocycles. The van der Waals surface area contributed by atoms with Gasteiger partial charge >= 0.3 is 0 Å². The van der Waals surface area contributed by atoms with Crippen LogP contribution in [-0.2, 0) is 11.3 Å². The minimum Gasteiger partial charge on any atom is -0.495 e. The lowest BCUT2D eigenvalue weighted by Gasteiger charge is -2.38. The highest BCUT2D eigenvalue weighted by Crippen LogP contribution is 2.28. The molecule has 0 aromatic heterocycles. The van der Waals surface area contributed by atoms with Crippen LogP contribution in [0.15, 0.2) is 48.5 Å². The molecule has 1 N–H and O–H groups in total. The van der Waals surface area contributed by atoms with Gasteiger partial charge in [0, 0.05) is 32.7 Å². The van der Waals surface area contributed by atoms with Crippen molar-refractivity contribution in [3.63, 3.8) is 0 Å². The van der Waals surface area contributed by atoms with Crippen molar-refractivity contribution < 1.29 is 13.9 Å². The van der Waals surface area contributed by atoms with Crippen molar-refractivity contribution in [3.05, 3.63) is 59.9 Å². The molecule has 144 valence electrons. The van der Waals surface area contributed by atoms with Gasteiger partial charge in [-0.25, -0.2) is 4.39 Å². The third-order valence-corrected chi connectivity index (χ3v) is 5.05. The highest BCUT2D eigenvalue weighted by Gasteiger charge is 2.26. The minimum absolute atomic E-state index is 0.00920. The zero-order valence-electron chi connectivity index (χ0n) is 15.8. The number of methoxy groups -OCH3 is 1. The number of amides is 1. The molecule has 1 aliphatic heterocycles. The van der Waals surface area contributed by atoms with Crippen LogP contribution in [0.2, 0.25) is 0 Å². The average Bonchev–Trinajstić information content (AvgIpc) is 2.72. The maximum Gasteiger partial charge on any atom is 0.237 e. The molecule has 27 heavy (non-hydrogen) atoms. The van der Waals surface area contributed by atoms with Crippen LogP contribution in [0.4, 0.5) is 10.1 Å². The Balaban J connectivity index is 1.51. The number of hydrogen-bond donors (Lipinski definition) is 1. The summed E-state index contributed by atoms with van der Waals surface area (Å²) in [7, 11) is 1.68. The molecule has 1 atom stereocenters. The molecule has 0 aliphatic carbocycles. The molecule has 1 heterocycles. The third-order valence-electron chi connectivity index (χ3n) is 5.05. The van der Waals surface area contributed by atoms with E-state index in [-0.39, 0.29) is 17.8 Å². The molecule has 0 bridgehead atoms. The number of carbonyl (C=O) groups is 1. The van der Waals surface area contributed by atoms with Crippen LogP contribution in [-0.4, -0.2) is 50.1 Å². The van der Waals surface area contributed by atoms with Gasteiger partial charge in [-0.15, -0.1) is 0 Å². The number of nitrogens with zero attached hydrogens (tertiary/aromatic N) is 2. The van der Waals surface area contributed by atoms with Gasteiger partial charge in [0.05, 0.1) is 18.8 Å². The number of nitrogens with one attached hydrogen (secondary N) is 1. The molecule has 2 aromatic rings. The number of ether oxygens (including phenoxy) is 1. The van der Waals surface area contributed by atoms with Gasteiger partial charge in [0.1, 0.15) is 11.6 Å². The smallest absolute Gasteiger partial charge is 0.237 e. The monoisotopic (exact) mass is 371 g/mol. The van der Waals surface area contributed by atoms with E-state index in [1.807, 2.05) is 25.1 Å². The van der Waals surface area contributed by atoms with Crippen LogP contribution < -0.4 is 15.0 Å². The first kappa shape index (κ1) is 19.2. The Hall–Kier alpha value is -2.60. The number of carbonyl (C=O) groups excluding carboxylic acids is 1. The van der Waals surface area contributed by atoms with Gasteiger partial charge in [0.25, 0.3) is 0 Å². The SMILES string of the molecule is COc1ccccc1N1CCN([C@@H](C)C(=O)NCc2ccc(F)cc2)CC1. The molecule has 0 unspecified atom stereocenters. The van der Waals surface area contributed by atoms with Gasteiger partial charge in [-0.1, -0.05) is 24.3 Å². The number of halogens is 1. The number of rotatable bonds is 6. The maximum absolute atomic E-state index is 13.0. The zero-order chi connectivity index (χ0) is 19.2. The Morgan fingerprint density at radius 1 is 1.11 bits per heavy atom. The van der Waals surface area contributed by atoms with E-state index in [1.165, 1.54) is 12.1 Å². The molecular weight excluding hydrogens is 345 g/mol. The molecule has 6 heteroatoms. The van der Waals surface area contributed by atoms with Crippen LogP contribution >= 0.6 is 0 Å². The van der Waals surface area contributed by atoms with Crippen molar-refractivity contribution in [2.75, 3.05) is 38.2 Å². The standard InChI is InChI=1S/C21H26FN3O2/c1-16(21(26)23-15-17-7-9-18(22)10-8-17)24-11-13-25(14-12-24)19-5-3-4-6-20(19)27-2/h3-10,16H,11-15H2,1-2H3,(H,23,26)/t16-/m0/s1. The van der Waals surface area contributed by atoms with Gasteiger partial charge in [0.2, 0.25) is 5.91 Å². The lowest BCUT2D eigenvalue weighted by Crippen LogP contribution is -2.53. The average molecular weight is 371 g/mol. The zero-order valence-corrected chi connectivity index (χ0v) is 15.8. The van der Waals surface area contributed by atoms with Crippen LogP contribution in [0, 0.1) is 5.82 Å². The van der Waals surface area contributed by atoms with E-state index in [0.717, 1.165) is 43.2 Å². The number of para-hydroxylation sites is 2. The summed E-state index contributed by atoms with van der Waals surface area (Å²) in [5, 5.41) is 2.94. The Labute approximate surface area is 159 Å². The highest BCUT2D eigenvalue weighted by atomic mass is 19.1. The first-order chi connectivity index (χ1) is 13.1. The first-order valence-electron chi connectivity index (χ1n) is 9.22. The molecule has 1 amide bonds. The van der Waals surface area contributed by atoms with Crippen molar-refractivity contribution in [3.8, 4) is 5.75 Å². The normalized spacial score (nSPS) is 16.0. The summed E-state index contributed by atoms with van der Waals surface area (Å²) in [5.41, 5.74) is 1.98. The second kappa shape index (κ2) is 8.86. The lowest BCUT2D eigenvalue weighted by atomic mass is 10.1. The summed E-state index contributed by atoms with van der Waals surface area (Å²) in [6.07, 6.45) is 0. The minimum atomic E-state index is -0.272. The van der Waals surface area contributed by atoms with E-state index >= 15 is 0 Å². The molecule has 1 fully saturated rings. The highest BCUT2D eigenvalue weighted by molar-refractivity contribution is 5.81. The van der Waals surface area contributed by atoms with Gasteiger partial charge in [-0.05, 0) is 36.8 Å². The fraction of sp³-hybridized carbons (Fsp3) is 0.381. The van der Waals surface area contributed by atoms with Gasteiger partial charge in [0.15, 0.2) is 0 Å². The predicted molar refractivity (Wildman–Crippen MR) is 104 cm³/mol. The van der Waals surface area contributed by atoms with Gasteiger partial charge in [-0.2, -0.15) is 0 Å². The fourth-order valence-corrected chi connectivity index (χ4v) is 3.35. The topological polar surface area (TPSA) is 44.8 Å². The Morgan fingerprint density at radius 3 is 2.44 bits per heavy atom. The van der Waals surface area contributed by atoms with Crippen LogP contribution in [0.5, 0.6) is 5.75 Å². The first-order valence-corrected chi connectivity index (χ1v) is 9.22. The number of anilines is 1. The summed E-state index contributed by atoms with van der Waals surface area (Å²) >= 11 is 0. The quantitative estimate of drug-likeness (QED) is 0.848. The van der Waals surface area contributed by atoms with Gasteiger partial charge < -0.3 is 15.0 Å². The lowest BCUT2D eigenvalue weighted by molar-refractivity contribution is -0.126. The number of hydrogen-bond acceptors (Lipinski definition) is 4. The molecule has 0 spiro atoms. The number of piperazine rings is 1. The van der Waals surface area contributed by atoms with E-state index < -0.39 is 0 Å². The van der Waals surface area contributed by atoms with Gasteiger partial charge in [-0.3, -0.25) is 9.69 Å². The van der Waals surface area contributed by atoms with Crippen molar-refractivity contribution in [1.82, 2.24) is 10.2 Å². The Bertz CT molecular complexity index is 758. The fourth-order valence-electron chi connectivity index (χ4n) is 3.35. The summed E-state index contributed by atoms with van der Waals surface area (Å²) in [6.45, 7) is 5.64. The Kier molecular flexibility index (Phi) is 6.29. The van der Waals surface area contributed by atoms with Crippen molar-refractivity contribution >= 4 is 11.6 Å². The predicted octanol–water partition coefficient (Wildman–Crippen LogP) is 2.66. The van der Waals surface area contributed by atoms with Crippen LogP contribution in [0.3, 0.4) is 0 Å². The summed E-state index contributed by atoms with van der Waals surface area (Å²) in [6, 6.07) is 14.0. The molecule has 3 rings (SSSR count). The molecule has 0 radical (unpaired) electrons. The van der Waals surface area contributed by atoms with E-state index in [2.05, 4.69) is 21.2 Å². The van der Waals surface area contributed by atoms with E-state index in [9.17, 15) is 9.18 Å². The molecule has 0 saturated carbocycles. The van der Waals surface area contributed by atoms with E-state index in [4.69, 9.17) is 4.74 Å². The summed E-state index contributed by atoms with van der Waals surface area (Å²) in [5.74, 6) is 0.590. The molecule has 1 aliphatic rings. The van der Waals surface area contributed by atoms with Crippen molar-refractivity contribution in [2.24, 2.45) is 0 Å². The van der Waals surface area contributed by atoms with E-state index in [1.54, 1.807) is 19.2 Å². The Morgan fingerprint density at radius 2 is 1.78 bits per heavy atom. The summed E-state index contributed by atoms with van der Waals surface area (Å²) < 4.78 is 18.4. The van der Waals surface area contributed by atoms with E-state index in [0.29, 0.717) is 6.54 Å². The maximum atomic E-state index is 13.0. The molecule has 5 nitrogen and oxygen atoms in total. The van der Waals surface area contributed by atoms with Crippen molar-refractivity contribution in [1.29, 1.82) is 0 Å². The van der Waals surface area contributed by atoms with Crippen molar-refractivity contribution in [2.45, 2.75) is 19.5 Å².